The fourth-order valence-electron chi connectivity index (χ4n) is 4.44. The minimum Gasteiger partial charge on any atom is -0.380 e. The van der Waals surface area contributed by atoms with Crippen LogP contribution in [0.2, 0.25) is 0 Å². The van der Waals surface area contributed by atoms with Crippen LogP contribution in [0, 0.1) is 0 Å². The first-order chi connectivity index (χ1) is 11.3. The van der Waals surface area contributed by atoms with Crippen molar-refractivity contribution in [2.45, 2.75) is 50.2 Å². The van der Waals surface area contributed by atoms with Crippen LogP contribution >= 0.6 is 0 Å². The molecule has 0 aliphatic carbocycles. The Labute approximate surface area is 137 Å². The average molecular weight is 315 g/mol. The van der Waals surface area contributed by atoms with Crippen molar-refractivity contribution in [2.75, 3.05) is 26.3 Å². The van der Waals surface area contributed by atoms with Crippen LogP contribution in [0.3, 0.4) is 0 Å². The van der Waals surface area contributed by atoms with Gasteiger partial charge in [0.2, 0.25) is 5.91 Å². The van der Waals surface area contributed by atoms with Gasteiger partial charge in [-0.1, -0.05) is 6.07 Å². The molecule has 3 saturated heterocycles. The third-order valence-corrected chi connectivity index (χ3v) is 5.89. The van der Waals surface area contributed by atoms with E-state index in [0.717, 1.165) is 57.6 Å². The van der Waals surface area contributed by atoms with Crippen LogP contribution < -0.4 is 0 Å². The second-order valence-electron chi connectivity index (χ2n) is 7.12. The maximum Gasteiger partial charge on any atom is 0.223 e. The van der Waals surface area contributed by atoms with E-state index in [2.05, 4.69) is 20.9 Å². The van der Waals surface area contributed by atoms with Crippen LogP contribution in [0.4, 0.5) is 0 Å². The van der Waals surface area contributed by atoms with Crippen molar-refractivity contribution in [3.63, 3.8) is 0 Å². The molecule has 5 nitrogen and oxygen atoms in total. The molecule has 1 spiro atoms. The molecule has 0 N–H and O–H groups in total. The van der Waals surface area contributed by atoms with Crippen molar-refractivity contribution in [3.8, 4) is 0 Å². The SMILES string of the molecule is O=C1CCC2(CCN([C@@H]3CCOC3)CC2)N1Cc1cccnc1. The Morgan fingerprint density at radius 3 is 2.87 bits per heavy atom. The first-order valence-electron chi connectivity index (χ1n) is 8.78. The van der Waals surface area contributed by atoms with Crippen LogP contribution in [0.25, 0.3) is 0 Å². The molecule has 4 rings (SSSR count). The van der Waals surface area contributed by atoms with Crippen LogP contribution in [-0.4, -0.2) is 58.6 Å². The number of likely N-dealkylation sites (tertiary alicyclic amines) is 2. The third kappa shape index (κ3) is 2.88. The first kappa shape index (κ1) is 15.1. The second-order valence-corrected chi connectivity index (χ2v) is 7.12. The van der Waals surface area contributed by atoms with Crippen LogP contribution in [-0.2, 0) is 16.1 Å². The topological polar surface area (TPSA) is 45.7 Å². The molecule has 23 heavy (non-hydrogen) atoms. The van der Waals surface area contributed by atoms with Gasteiger partial charge in [-0.05, 0) is 37.3 Å². The second kappa shape index (κ2) is 6.21. The van der Waals surface area contributed by atoms with E-state index in [1.165, 1.54) is 0 Å². The number of hydrogen-bond donors (Lipinski definition) is 0. The lowest BCUT2D eigenvalue weighted by Gasteiger charge is -2.46. The highest BCUT2D eigenvalue weighted by molar-refractivity contribution is 5.79. The van der Waals surface area contributed by atoms with E-state index in [1.807, 2.05) is 12.3 Å². The van der Waals surface area contributed by atoms with E-state index in [4.69, 9.17) is 4.74 Å². The van der Waals surface area contributed by atoms with Crippen molar-refractivity contribution in [1.82, 2.24) is 14.8 Å². The van der Waals surface area contributed by atoms with Gasteiger partial charge >= 0.3 is 0 Å². The summed E-state index contributed by atoms with van der Waals surface area (Å²) in [5, 5.41) is 0. The van der Waals surface area contributed by atoms with Crippen molar-refractivity contribution >= 4 is 5.91 Å². The van der Waals surface area contributed by atoms with Gasteiger partial charge in [0.05, 0.1) is 6.61 Å². The van der Waals surface area contributed by atoms with E-state index in [1.54, 1.807) is 6.20 Å². The summed E-state index contributed by atoms with van der Waals surface area (Å²) in [6, 6.07) is 4.61. The Morgan fingerprint density at radius 2 is 2.17 bits per heavy atom. The van der Waals surface area contributed by atoms with Gasteiger partial charge in [-0.3, -0.25) is 14.7 Å². The molecule has 1 aromatic heterocycles. The molecule has 0 radical (unpaired) electrons. The van der Waals surface area contributed by atoms with Gasteiger partial charge < -0.3 is 9.64 Å². The van der Waals surface area contributed by atoms with Gasteiger partial charge in [-0.2, -0.15) is 0 Å². The smallest absolute Gasteiger partial charge is 0.223 e. The van der Waals surface area contributed by atoms with E-state index in [-0.39, 0.29) is 5.54 Å². The minimum atomic E-state index is 0.0723. The molecule has 0 aromatic carbocycles. The minimum absolute atomic E-state index is 0.0723. The number of piperidine rings is 1. The molecular weight excluding hydrogens is 290 g/mol. The van der Waals surface area contributed by atoms with Gasteiger partial charge in [0.1, 0.15) is 0 Å². The zero-order chi connectivity index (χ0) is 15.7. The molecule has 1 atom stereocenters. The van der Waals surface area contributed by atoms with E-state index >= 15 is 0 Å². The highest BCUT2D eigenvalue weighted by atomic mass is 16.5. The maximum absolute atomic E-state index is 12.5. The van der Waals surface area contributed by atoms with Gasteiger partial charge in [0.25, 0.3) is 0 Å². The third-order valence-electron chi connectivity index (χ3n) is 5.89. The molecule has 0 bridgehead atoms. The molecule has 4 heterocycles. The largest absolute Gasteiger partial charge is 0.380 e. The molecule has 3 fully saturated rings. The molecule has 1 amide bonds. The highest BCUT2D eigenvalue weighted by Crippen LogP contribution is 2.40. The maximum atomic E-state index is 12.5. The summed E-state index contributed by atoms with van der Waals surface area (Å²) in [5.74, 6) is 0.312. The Kier molecular flexibility index (Phi) is 4.07. The summed E-state index contributed by atoms with van der Waals surface area (Å²) < 4.78 is 5.53. The number of nitrogens with zero attached hydrogens (tertiary/aromatic N) is 3. The molecular formula is C18H25N3O2. The summed E-state index contributed by atoms with van der Waals surface area (Å²) in [6.07, 6.45) is 8.72. The van der Waals surface area contributed by atoms with Crippen molar-refractivity contribution in [1.29, 1.82) is 0 Å². The number of carbonyl (C=O) groups excluding carboxylic acids is 1. The predicted octanol–water partition coefficient (Wildman–Crippen LogP) is 1.83. The Bertz CT molecular complexity index is 549. The fourth-order valence-corrected chi connectivity index (χ4v) is 4.44. The summed E-state index contributed by atoms with van der Waals surface area (Å²) >= 11 is 0. The summed E-state index contributed by atoms with van der Waals surface area (Å²) in [5.41, 5.74) is 1.21. The Balaban J connectivity index is 1.45. The summed E-state index contributed by atoms with van der Waals surface area (Å²) in [7, 11) is 0. The zero-order valence-corrected chi connectivity index (χ0v) is 13.6. The number of rotatable bonds is 3. The lowest BCUT2D eigenvalue weighted by atomic mass is 9.84. The molecule has 1 aromatic rings. The lowest BCUT2D eigenvalue weighted by Crippen LogP contribution is -2.54. The van der Waals surface area contributed by atoms with Gasteiger partial charge in [0.15, 0.2) is 0 Å². The lowest BCUT2D eigenvalue weighted by molar-refractivity contribution is -0.133. The molecule has 124 valence electrons. The number of pyridine rings is 1. The number of carbonyl (C=O) groups is 1. The van der Waals surface area contributed by atoms with Crippen LogP contribution in [0.5, 0.6) is 0 Å². The predicted molar refractivity (Wildman–Crippen MR) is 86.8 cm³/mol. The van der Waals surface area contributed by atoms with Crippen molar-refractivity contribution in [2.24, 2.45) is 0 Å². The van der Waals surface area contributed by atoms with Gasteiger partial charge in [-0.25, -0.2) is 0 Å². The summed E-state index contributed by atoms with van der Waals surface area (Å²) in [6.45, 7) is 4.66. The van der Waals surface area contributed by atoms with Crippen LogP contribution in [0.1, 0.15) is 37.7 Å². The molecule has 0 saturated carbocycles. The number of aromatic nitrogens is 1. The molecule has 3 aliphatic heterocycles. The van der Waals surface area contributed by atoms with E-state index < -0.39 is 0 Å². The average Bonchev–Trinajstić information content (AvgIpc) is 3.22. The highest BCUT2D eigenvalue weighted by Gasteiger charge is 2.47. The van der Waals surface area contributed by atoms with E-state index in [9.17, 15) is 4.79 Å². The Hall–Kier alpha value is -1.46. The monoisotopic (exact) mass is 315 g/mol. The van der Waals surface area contributed by atoms with Crippen molar-refractivity contribution in [3.05, 3.63) is 30.1 Å². The molecule has 5 heteroatoms. The number of amides is 1. The standard InChI is InChI=1S/C18H25N3O2/c22-17-3-5-18(21(17)13-15-2-1-8-19-12-15)6-9-20(10-7-18)16-4-11-23-14-16/h1-2,8,12,16H,3-7,9-11,13-14H2/t16-/m1/s1. The van der Waals surface area contributed by atoms with Crippen molar-refractivity contribution < 1.29 is 9.53 Å². The summed E-state index contributed by atoms with van der Waals surface area (Å²) in [4.78, 5) is 21.4. The fraction of sp³-hybridized carbons (Fsp3) is 0.667. The van der Waals surface area contributed by atoms with E-state index in [0.29, 0.717) is 24.9 Å². The first-order valence-corrected chi connectivity index (χ1v) is 8.78. The number of ether oxygens (including phenoxy) is 1. The molecule has 3 aliphatic rings. The normalized spacial score (nSPS) is 27.9. The molecule has 0 unspecified atom stereocenters. The Morgan fingerprint density at radius 1 is 1.30 bits per heavy atom. The number of hydrogen-bond acceptors (Lipinski definition) is 4. The quantitative estimate of drug-likeness (QED) is 0.854. The zero-order valence-electron chi connectivity index (χ0n) is 13.6. The van der Waals surface area contributed by atoms with Gasteiger partial charge in [-0.15, -0.1) is 0 Å². The van der Waals surface area contributed by atoms with Gasteiger partial charge in [0, 0.05) is 56.6 Å². The van der Waals surface area contributed by atoms with Crippen LogP contribution in [0.15, 0.2) is 24.5 Å².